The Morgan fingerprint density at radius 1 is 1.08 bits per heavy atom. The van der Waals surface area contributed by atoms with Gasteiger partial charge in [0.05, 0.1) is 26.4 Å². The summed E-state index contributed by atoms with van der Waals surface area (Å²) in [6.07, 6.45) is 3.42. The van der Waals surface area contributed by atoms with Crippen LogP contribution in [0.1, 0.15) is 15.9 Å². The largest absolute Gasteiger partial charge is 0.493 e. The topological polar surface area (TPSA) is 60.9 Å². The van der Waals surface area contributed by atoms with Gasteiger partial charge in [-0.3, -0.25) is 9.78 Å². The average molecular weight is 330 g/mol. The molecule has 0 bridgehead atoms. The van der Waals surface area contributed by atoms with E-state index in [9.17, 15) is 4.79 Å². The van der Waals surface area contributed by atoms with Crippen molar-refractivity contribution in [2.24, 2.45) is 0 Å². The lowest BCUT2D eigenvalue weighted by Crippen LogP contribution is -2.33. The Morgan fingerprint density at radius 3 is 2.46 bits per heavy atom. The Bertz CT molecular complexity index is 661. The molecule has 2 aromatic rings. The smallest absolute Gasteiger partial charge is 0.258 e. The van der Waals surface area contributed by atoms with E-state index in [4.69, 9.17) is 14.2 Å². The summed E-state index contributed by atoms with van der Waals surface area (Å²) >= 11 is 0. The Hall–Kier alpha value is -2.60. The number of pyridine rings is 1. The molecule has 1 aromatic heterocycles. The molecule has 0 atom stereocenters. The van der Waals surface area contributed by atoms with Crippen molar-refractivity contribution in [3.8, 4) is 11.5 Å². The zero-order valence-electron chi connectivity index (χ0n) is 14.2. The van der Waals surface area contributed by atoms with Crippen LogP contribution in [0.2, 0.25) is 0 Å². The molecule has 6 nitrogen and oxygen atoms in total. The number of carbonyl (C=O) groups excluding carboxylic acids is 1. The lowest BCUT2D eigenvalue weighted by atomic mass is 10.1. The van der Waals surface area contributed by atoms with Gasteiger partial charge in [-0.15, -0.1) is 0 Å². The van der Waals surface area contributed by atoms with Crippen molar-refractivity contribution in [1.82, 2.24) is 9.88 Å². The number of hydrogen-bond donors (Lipinski definition) is 0. The highest BCUT2D eigenvalue weighted by Gasteiger charge is 2.22. The zero-order valence-corrected chi connectivity index (χ0v) is 14.2. The van der Waals surface area contributed by atoms with Crippen LogP contribution in [0, 0.1) is 0 Å². The molecule has 1 amide bonds. The Labute approximate surface area is 142 Å². The minimum absolute atomic E-state index is 0.139. The third kappa shape index (κ3) is 4.23. The first-order chi connectivity index (χ1) is 11.7. The zero-order chi connectivity index (χ0) is 17.4. The van der Waals surface area contributed by atoms with E-state index in [1.165, 1.54) is 7.11 Å². The highest BCUT2D eigenvalue weighted by Crippen LogP contribution is 2.31. The van der Waals surface area contributed by atoms with Gasteiger partial charge in [0.25, 0.3) is 5.91 Å². The molecule has 0 radical (unpaired) electrons. The lowest BCUT2D eigenvalue weighted by Gasteiger charge is -2.24. The number of carbonyl (C=O) groups is 1. The first kappa shape index (κ1) is 17.7. The number of nitrogens with zero attached hydrogens (tertiary/aromatic N) is 2. The number of benzene rings is 1. The van der Waals surface area contributed by atoms with Crippen LogP contribution in [0.3, 0.4) is 0 Å². The number of hydrogen-bond acceptors (Lipinski definition) is 5. The second-order valence-corrected chi connectivity index (χ2v) is 5.12. The third-order valence-corrected chi connectivity index (χ3v) is 3.61. The van der Waals surface area contributed by atoms with Crippen LogP contribution >= 0.6 is 0 Å². The van der Waals surface area contributed by atoms with Crippen LogP contribution in [0.4, 0.5) is 0 Å². The van der Waals surface area contributed by atoms with Crippen LogP contribution < -0.4 is 9.47 Å². The third-order valence-electron chi connectivity index (χ3n) is 3.61. The normalized spacial score (nSPS) is 10.3. The van der Waals surface area contributed by atoms with Crippen LogP contribution in [-0.4, -0.2) is 50.3 Å². The molecular weight excluding hydrogens is 308 g/mol. The summed E-state index contributed by atoms with van der Waals surface area (Å²) in [5.41, 5.74) is 1.46. The molecule has 0 aliphatic rings. The van der Waals surface area contributed by atoms with Crippen molar-refractivity contribution in [3.05, 3.63) is 53.9 Å². The molecule has 128 valence electrons. The minimum atomic E-state index is -0.139. The van der Waals surface area contributed by atoms with E-state index >= 15 is 0 Å². The predicted octanol–water partition coefficient (Wildman–Crippen LogP) is 2.39. The summed E-state index contributed by atoms with van der Waals surface area (Å²) in [6, 6.07) is 9.04. The predicted molar refractivity (Wildman–Crippen MR) is 90.4 cm³/mol. The van der Waals surface area contributed by atoms with Crippen molar-refractivity contribution < 1.29 is 19.0 Å². The van der Waals surface area contributed by atoms with E-state index in [-0.39, 0.29) is 5.91 Å². The van der Waals surface area contributed by atoms with E-state index in [0.717, 1.165) is 5.56 Å². The Morgan fingerprint density at radius 2 is 1.83 bits per heavy atom. The van der Waals surface area contributed by atoms with Gasteiger partial charge in [-0.2, -0.15) is 0 Å². The standard InChI is InChI=1S/C18H22N2O4/c1-22-12-11-20(13-14-7-9-19-10-8-14)18(21)15-5-4-6-16(23-2)17(15)24-3/h4-10H,11-13H2,1-3H3. The molecule has 0 aliphatic carbocycles. The molecule has 24 heavy (non-hydrogen) atoms. The maximum absolute atomic E-state index is 13.0. The van der Waals surface area contributed by atoms with Crippen molar-refractivity contribution in [2.45, 2.75) is 6.54 Å². The maximum atomic E-state index is 13.0. The van der Waals surface area contributed by atoms with Gasteiger partial charge >= 0.3 is 0 Å². The van der Waals surface area contributed by atoms with Gasteiger partial charge in [0.15, 0.2) is 11.5 Å². The van der Waals surface area contributed by atoms with Gasteiger partial charge in [0.1, 0.15) is 0 Å². The molecule has 1 heterocycles. The van der Waals surface area contributed by atoms with Gasteiger partial charge < -0.3 is 19.1 Å². The summed E-state index contributed by atoms with van der Waals surface area (Å²) in [6.45, 7) is 1.38. The van der Waals surface area contributed by atoms with Crippen LogP contribution in [0.5, 0.6) is 11.5 Å². The van der Waals surface area contributed by atoms with E-state index in [0.29, 0.717) is 36.8 Å². The molecular formula is C18H22N2O4. The van der Waals surface area contributed by atoms with Crippen LogP contribution in [-0.2, 0) is 11.3 Å². The maximum Gasteiger partial charge on any atom is 0.258 e. The summed E-state index contributed by atoms with van der Waals surface area (Å²) in [7, 11) is 4.68. The lowest BCUT2D eigenvalue weighted by molar-refractivity contribution is 0.0676. The monoisotopic (exact) mass is 330 g/mol. The molecule has 0 saturated carbocycles. The Balaban J connectivity index is 2.30. The molecule has 1 aromatic carbocycles. The van der Waals surface area contributed by atoms with Gasteiger partial charge in [-0.25, -0.2) is 0 Å². The Kier molecular flexibility index (Phi) is 6.57. The molecule has 0 aliphatic heterocycles. The summed E-state index contributed by atoms with van der Waals surface area (Å²) in [5, 5.41) is 0. The average Bonchev–Trinajstić information content (AvgIpc) is 2.64. The van der Waals surface area contributed by atoms with Crippen molar-refractivity contribution >= 4 is 5.91 Å². The number of para-hydroxylation sites is 1. The summed E-state index contributed by atoms with van der Waals surface area (Å²) in [5.74, 6) is 0.820. The van der Waals surface area contributed by atoms with Gasteiger partial charge in [0, 0.05) is 32.6 Å². The quantitative estimate of drug-likeness (QED) is 0.744. The van der Waals surface area contributed by atoms with Crippen LogP contribution in [0.25, 0.3) is 0 Å². The van der Waals surface area contributed by atoms with E-state index in [2.05, 4.69) is 4.98 Å². The molecule has 0 fully saturated rings. The molecule has 0 unspecified atom stereocenters. The number of aromatic nitrogens is 1. The molecule has 6 heteroatoms. The number of ether oxygens (including phenoxy) is 3. The SMILES string of the molecule is COCCN(Cc1ccncc1)C(=O)c1cccc(OC)c1OC. The summed E-state index contributed by atoms with van der Waals surface area (Å²) < 4.78 is 15.8. The fraction of sp³-hybridized carbons (Fsp3) is 0.333. The van der Waals surface area contributed by atoms with Gasteiger partial charge in [-0.1, -0.05) is 6.07 Å². The highest BCUT2D eigenvalue weighted by molar-refractivity contribution is 5.97. The molecule has 0 N–H and O–H groups in total. The molecule has 0 spiro atoms. The number of amides is 1. The number of methoxy groups -OCH3 is 3. The first-order valence-corrected chi connectivity index (χ1v) is 7.59. The fourth-order valence-corrected chi connectivity index (χ4v) is 2.39. The first-order valence-electron chi connectivity index (χ1n) is 7.59. The van der Waals surface area contributed by atoms with E-state index in [1.54, 1.807) is 49.7 Å². The second kappa shape index (κ2) is 8.88. The van der Waals surface area contributed by atoms with E-state index < -0.39 is 0 Å². The van der Waals surface area contributed by atoms with Crippen molar-refractivity contribution in [1.29, 1.82) is 0 Å². The van der Waals surface area contributed by atoms with Crippen molar-refractivity contribution in [2.75, 3.05) is 34.5 Å². The summed E-state index contributed by atoms with van der Waals surface area (Å²) in [4.78, 5) is 18.7. The van der Waals surface area contributed by atoms with E-state index in [1.807, 2.05) is 12.1 Å². The van der Waals surface area contributed by atoms with Crippen molar-refractivity contribution in [3.63, 3.8) is 0 Å². The number of rotatable bonds is 8. The molecule has 2 rings (SSSR count). The second-order valence-electron chi connectivity index (χ2n) is 5.12. The minimum Gasteiger partial charge on any atom is -0.493 e. The van der Waals surface area contributed by atoms with Crippen LogP contribution in [0.15, 0.2) is 42.7 Å². The van der Waals surface area contributed by atoms with Gasteiger partial charge in [-0.05, 0) is 29.8 Å². The molecule has 0 saturated heterocycles. The van der Waals surface area contributed by atoms with Gasteiger partial charge in [0.2, 0.25) is 0 Å². The fourth-order valence-electron chi connectivity index (χ4n) is 2.39. The highest BCUT2D eigenvalue weighted by atomic mass is 16.5.